The minimum Gasteiger partial charge on any atom is -0.314 e. The summed E-state index contributed by atoms with van der Waals surface area (Å²) >= 11 is 6.64. The molecule has 4 aromatic rings. The topological polar surface area (TPSA) is 96.7 Å². The average molecular weight is 382 g/mol. The number of aromatic amines is 1. The Kier molecular flexibility index (Phi) is 3.88. The molecule has 3 aromatic heterocycles. The van der Waals surface area contributed by atoms with Crippen LogP contribution in [0.1, 0.15) is 0 Å². The van der Waals surface area contributed by atoms with E-state index in [1.165, 1.54) is 6.33 Å². The number of nitrogens with one attached hydrogen (secondary N) is 2. The maximum Gasteiger partial charge on any atom is 0.206 e. The molecule has 130 valence electrons. The van der Waals surface area contributed by atoms with E-state index in [2.05, 4.69) is 48.2 Å². The number of aromatic nitrogens is 7. The number of pyridine rings is 1. The number of thiol groups is 1. The molecule has 8 nitrogen and oxygen atoms in total. The second-order valence-corrected chi connectivity index (χ2v) is 7.74. The molecule has 5 rings (SSSR count). The number of hydrogen-bond acceptors (Lipinski definition) is 8. The number of nitrogens with zero attached hydrogens (tertiary/aromatic N) is 6. The summed E-state index contributed by atoms with van der Waals surface area (Å²) < 4.78 is 1.75. The van der Waals surface area contributed by atoms with Gasteiger partial charge in [-0.2, -0.15) is 10.3 Å². The third-order valence-electron chi connectivity index (χ3n) is 4.33. The first kappa shape index (κ1) is 15.8. The standard InChI is InChI=1S/C16H14N8S2/c25-15-12(26-10-5-17-6-10)3-2-11(14(15)16-20-22-23-21-16)9-1-4-13-18-8-19-24(13)7-9/h1-4,7-8,10,17,25H,5-6H2,(H,20,21,22,23). The van der Waals surface area contributed by atoms with Crippen molar-refractivity contribution < 1.29 is 0 Å². The van der Waals surface area contributed by atoms with Crippen LogP contribution < -0.4 is 5.32 Å². The van der Waals surface area contributed by atoms with E-state index >= 15 is 0 Å². The van der Waals surface area contributed by atoms with Gasteiger partial charge in [0.25, 0.3) is 0 Å². The highest BCUT2D eigenvalue weighted by Gasteiger charge is 2.23. The highest BCUT2D eigenvalue weighted by atomic mass is 32.2. The van der Waals surface area contributed by atoms with Gasteiger partial charge in [-0.1, -0.05) is 6.07 Å². The van der Waals surface area contributed by atoms with Crippen molar-refractivity contribution in [2.45, 2.75) is 15.0 Å². The third-order valence-corrected chi connectivity index (χ3v) is 6.21. The lowest BCUT2D eigenvalue weighted by atomic mass is 10.0. The summed E-state index contributed by atoms with van der Waals surface area (Å²) in [6.45, 7) is 2.03. The molecule has 1 aliphatic heterocycles. The third kappa shape index (κ3) is 2.66. The Labute approximate surface area is 158 Å². The maximum atomic E-state index is 4.82. The minimum absolute atomic E-state index is 0.526. The van der Waals surface area contributed by atoms with Gasteiger partial charge < -0.3 is 5.32 Å². The zero-order valence-electron chi connectivity index (χ0n) is 13.5. The number of thioether (sulfide) groups is 1. The molecule has 0 bridgehead atoms. The van der Waals surface area contributed by atoms with E-state index in [9.17, 15) is 0 Å². The van der Waals surface area contributed by atoms with Crippen molar-refractivity contribution in [2.24, 2.45) is 0 Å². The number of fused-ring (bicyclic) bond motifs is 1. The monoisotopic (exact) mass is 382 g/mol. The lowest BCUT2D eigenvalue weighted by Gasteiger charge is -2.27. The number of H-pyrrole nitrogens is 1. The van der Waals surface area contributed by atoms with Gasteiger partial charge in [0.1, 0.15) is 6.33 Å². The Balaban J connectivity index is 1.67. The van der Waals surface area contributed by atoms with E-state index in [1.807, 2.05) is 30.1 Å². The van der Waals surface area contributed by atoms with Gasteiger partial charge in [-0.05, 0) is 29.0 Å². The zero-order chi connectivity index (χ0) is 17.5. The van der Waals surface area contributed by atoms with Crippen LogP contribution in [0.15, 0.2) is 46.6 Å². The largest absolute Gasteiger partial charge is 0.314 e. The molecule has 0 aliphatic carbocycles. The van der Waals surface area contributed by atoms with Gasteiger partial charge in [-0.25, -0.2) is 9.50 Å². The lowest BCUT2D eigenvalue weighted by Crippen LogP contribution is -2.44. The molecule has 2 N–H and O–H groups in total. The first-order chi connectivity index (χ1) is 12.8. The highest BCUT2D eigenvalue weighted by Crippen LogP contribution is 2.41. The first-order valence-electron chi connectivity index (χ1n) is 8.06. The van der Waals surface area contributed by atoms with Gasteiger partial charge in [0, 0.05) is 45.5 Å². The Hall–Kier alpha value is -2.43. The number of tetrazole rings is 1. The molecule has 0 amide bonds. The highest BCUT2D eigenvalue weighted by molar-refractivity contribution is 8.00. The average Bonchev–Trinajstić information content (AvgIpc) is 3.29. The normalized spacial score (nSPS) is 14.7. The Bertz CT molecular complexity index is 1070. The van der Waals surface area contributed by atoms with Crippen molar-refractivity contribution in [1.29, 1.82) is 0 Å². The van der Waals surface area contributed by atoms with Crippen LogP contribution >= 0.6 is 24.4 Å². The van der Waals surface area contributed by atoms with Crippen LogP contribution in [0.3, 0.4) is 0 Å². The van der Waals surface area contributed by atoms with Crippen molar-refractivity contribution in [3.05, 3.63) is 36.8 Å². The molecule has 1 saturated heterocycles. The molecule has 1 aromatic carbocycles. The van der Waals surface area contributed by atoms with Crippen LogP contribution in [-0.4, -0.2) is 53.6 Å². The molecular formula is C16H14N8S2. The Morgan fingerprint density at radius 2 is 2.12 bits per heavy atom. The predicted octanol–water partition coefficient (Wildman–Crippen LogP) is 1.93. The molecule has 0 unspecified atom stereocenters. The van der Waals surface area contributed by atoms with Crippen molar-refractivity contribution in [3.8, 4) is 22.5 Å². The van der Waals surface area contributed by atoms with Gasteiger partial charge in [-0.3, -0.25) is 0 Å². The van der Waals surface area contributed by atoms with Gasteiger partial charge >= 0.3 is 0 Å². The van der Waals surface area contributed by atoms with E-state index in [0.717, 1.165) is 45.2 Å². The van der Waals surface area contributed by atoms with Crippen LogP contribution in [-0.2, 0) is 0 Å². The molecule has 0 saturated carbocycles. The molecule has 4 heterocycles. The van der Waals surface area contributed by atoms with Crippen molar-refractivity contribution in [3.63, 3.8) is 0 Å². The van der Waals surface area contributed by atoms with E-state index in [0.29, 0.717) is 11.1 Å². The summed E-state index contributed by atoms with van der Waals surface area (Å²) in [5, 5.41) is 22.7. The summed E-state index contributed by atoms with van der Waals surface area (Å²) in [5.74, 6) is 0.526. The predicted molar refractivity (Wildman–Crippen MR) is 101 cm³/mol. The zero-order valence-corrected chi connectivity index (χ0v) is 15.2. The van der Waals surface area contributed by atoms with Crippen LogP contribution in [0.25, 0.3) is 28.2 Å². The van der Waals surface area contributed by atoms with Crippen LogP contribution in [0.4, 0.5) is 0 Å². The fourth-order valence-electron chi connectivity index (χ4n) is 2.90. The van der Waals surface area contributed by atoms with Gasteiger partial charge in [-0.15, -0.1) is 34.6 Å². The summed E-state index contributed by atoms with van der Waals surface area (Å²) in [7, 11) is 0. The second kappa shape index (κ2) is 6.38. The van der Waals surface area contributed by atoms with Gasteiger partial charge in [0.2, 0.25) is 5.82 Å². The van der Waals surface area contributed by atoms with Crippen LogP contribution in [0, 0.1) is 0 Å². The number of hydrogen-bond donors (Lipinski definition) is 3. The Morgan fingerprint density at radius 3 is 2.88 bits per heavy atom. The molecule has 1 aliphatic rings. The van der Waals surface area contributed by atoms with E-state index < -0.39 is 0 Å². The fourth-order valence-corrected chi connectivity index (χ4v) is 4.48. The molecule has 10 heteroatoms. The van der Waals surface area contributed by atoms with Crippen LogP contribution in [0.2, 0.25) is 0 Å². The van der Waals surface area contributed by atoms with E-state index in [1.54, 1.807) is 4.52 Å². The minimum atomic E-state index is 0.526. The van der Waals surface area contributed by atoms with E-state index in [-0.39, 0.29) is 0 Å². The summed E-state index contributed by atoms with van der Waals surface area (Å²) in [6.07, 6.45) is 3.48. The molecule has 26 heavy (non-hydrogen) atoms. The fraction of sp³-hybridized carbons (Fsp3) is 0.188. The number of benzene rings is 1. The van der Waals surface area contributed by atoms with Crippen molar-refractivity contribution >= 4 is 30.0 Å². The number of rotatable bonds is 4. The van der Waals surface area contributed by atoms with Crippen molar-refractivity contribution in [2.75, 3.05) is 13.1 Å². The SMILES string of the molecule is Sc1c(SC2CNC2)ccc(-c2ccc3ncnn3c2)c1-c1nn[nH]n1. The maximum absolute atomic E-state index is 4.82. The second-order valence-electron chi connectivity index (χ2n) is 5.95. The first-order valence-corrected chi connectivity index (χ1v) is 9.39. The summed E-state index contributed by atoms with van der Waals surface area (Å²) in [4.78, 5) is 6.17. The van der Waals surface area contributed by atoms with E-state index in [4.69, 9.17) is 12.6 Å². The molecule has 0 spiro atoms. The van der Waals surface area contributed by atoms with Crippen molar-refractivity contribution in [1.82, 2.24) is 40.5 Å². The van der Waals surface area contributed by atoms with Crippen LogP contribution in [0.5, 0.6) is 0 Å². The summed E-state index contributed by atoms with van der Waals surface area (Å²) in [6, 6.07) is 8.13. The Morgan fingerprint density at radius 1 is 1.19 bits per heavy atom. The van der Waals surface area contributed by atoms with Gasteiger partial charge in [0.05, 0.1) is 0 Å². The lowest BCUT2D eigenvalue weighted by molar-refractivity contribution is 0.543. The molecule has 0 atom stereocenters. The summed E-state index contributed by atoms with van der Waals surface area (Å²) in [5.41, 5.74) is 3.62. The molecule has 1 fully saturated rings. The quantitative estimate of drug-likeness (QED) is 0.464. The smallest absolute Gasteiger partial charge is 0.206 e. The van der Waals surface area contributed by atoms with Gasteiger partial charge in [0.15, 0.2) is 5.65 Å². The molecular weight excluding hydrogens is 368 g/mol. The molecule has 0 radical (unpaired) electrons.